The molecule has 0 saturated carbocycles. The Hall–Kier alpha value is -1.32. The number of hydrogen-bond donors (Lipinski definition) is 1. The van der Waals surface area contributed by atoms with Gasteiger partial charge >= 0.3 is 0 Å². The van der Waals surface area contributed by atoms with Crippen molar-refractivity contribution in [2.24, 2.45) is 5.92 Å². The van der Waals surface area contributed by atoms with Gasteiger partial charge in [-0.1, -0.05) is 39.0 Å². The van der Waals surface area contributed by atoms with Gasteiger partial charge in [0.15, 0.2) is 0 Å². The van der Waals surface area contributed by atoms with Crippen LogP contribution < -0.4 is 5.32 Å². The van der Waals surface area contributed by atoms with Gasteiger partial charge in [-0.2, -0.15) is 0 Å². The minimum atomic E-state index is 0.273. The lowest BCUT2D eigenvalue weighted by molar-refractivity contribution is 0.0505. The second-order valence-corrected chi connectivity index (χ2v) is 6.05. The summed E-state index contributed by atoms with van der Waals surface area (Å²) in [5, 5.41) is 4.62. The SMILES string of the molecule is CCC(C)OCc1c(CNCC(C)C)oc2ccccc12. The molecule has 2 rings (SSSR count). The van der Waals surface area contributed by atoms with Crippen molar-refractivity contribution in [3.63, 3.8) is 0 Å². The number of furan rings is 1. The number of para-hydroxylation sites is 1. The Morgan fingerprint density at radius 1 is 1.19 bits per heavy atom. The third-order valence-corrected chi connectivity index (χ3v) is 3.71. The summed E-state index contributed by atoms with van der Waals surface area (Å²) in [6.07, 6.45) is 1.30. The van der Waals surface area contributed by atoms with E-state index in [1.807, 2.05) is 12.1 Å². The maximum absolute atomic E-state index is 6.00. The number of nitrogens with one attached hydrogen (secondary N) is 1. The van der Waals surface area contributed by atoms with Gasteiger partial charge in [0, 0.05) is 10.9 Å². The molecule has 2 aromatic rings. The number of hydrogen-bond acceptors (Lipinski definition) is 3. The third-order valence-electron chi connectivity index (χ3n) is 3.71. The Morgan fingerprint density at radius 2 is 1.95 bits per heavy atom. The van der Waals surface area contributed by atoms with E-state index in [4.69, 9.17) is 9.15 Å². The van der Waals surface area contributed by atoms with Crippen LogP contribution in [-0.4, -0.2) is 12.6 Å². The summed E-state index contributed by atoms with van der Waals surface area (Å²) in [4.78, 5) is 0. The van der Waals surface area contributed by atoms with Gasteiger partial charge in [0.1, 0.15) is 11.3 Å². The summed E-state index contributed by atoms with van der Waals surface area (Å²) in [6, 6.07) is 8.19. The van der Waals surface area contributed by atoms with Crippen LogP contribution in [0.25, 0.3) is 11.0 Å². The van der Waals surface area contributed by atoms with Gasteiger partial charge in [0.2, 0.25) is 0 Å². The molecule has 0 bridgehead atoms. The fraction of sp³-hybridized carbons (Fsp3) is 0.556. The van der Waals surface area contributed by atoms with Crippen LogP contribution >= 0.6 is 0 Å². The molecular weight excluding hydrogens is 262 g/mol. The van der Waals surface area contributed by atoms with E-state index in [0.29, 0.717) is 12.5 Å². The van der Waals surface area contributed by atoms with Gasteiger partial charge in [-0.25, -0.2) is 0 Å². The molecular formula is C18H27NO2. The van der Waals surface area contributed by atoms with Gasteiger partial charge in [0.25, 0.3) is 0 Å². The zero-order valence-electron chi connectivity index (χ0n) is 13.6. The Kier molecular flexibility index (Phi) is 5.83. The Morgan fingerprint density at radius 3 is 2.67 bits per heavy atom. The number of benzene rings is 1. The van der Waals surface area contributed by atoms with Crippen LogP contribution in [0.2, 0.25) is 0 Å². The minimum Gasteiger partial charge on any atom is -0.459 e. The van der Waals surface area contributed by atoms with Crippen molar-refractivity contribution in [2.75, 3.05) is 6.54 Å². The molecule has 0 aliphatic heterocycles. The lowest BCUT2D eigenvalue weighted by atomic mass is 10.1. The van der Waals surface area contributed by atoms with E-state index in [-0.39, 0.29) is 6.10 Å². The molecule has 0 saturated heterocycles. The van der Waals surface area contributed by atoms with E-state index in [9.17, 15) is 0 Å². The first-order valence-electron chi connectivity index (χ1n) is 7.93. The average Bonchev–Trinajstić information content (AvgIpc) is 2.82. The smallest absolute Gasteiger partial charge is 0.134 e. The summed E-state index contributed by atoms with van der Waals surface area (Å²) in [7, 11) is 0. The molecule has 1 aromatic heterocycles. The molecule has 0 fully saturated rings. The van der Waals surface area contributed by atoms with Crippen molar-refractivity contribution in [2.45, 2.75) is 53.4 Å². The van der Waals surface area contributed by atoms with E-state index in [1.54, 1.807) is 0 Å². The van der Waals surface area contributed by atoms with Crippen LogP contribution in [0, 0.1) is 5.92 Å². The second-order valence-electron chi connectivity index (χ2n) is 6.05. The van der Waals surface area contributed by atoms with Crippen LogP contribution in [0.4, 0.5) is 0 Å². The molecule has 0 spiro atoms. The first-order valence-corrected chi connectivity index (χ1v) is 7.93. The highest BCUT2D eigenvalue weighted by molar-refractivity contribution is 5.82. The largest absolute Gasteiger partial charge is 0.459 e. The van der Waals surface area contributed by atoms with Crippen LogP contribution in [0.5, 0.6) is 0 Å². The molecule has 116 valence electrons. The molecule has 0 aliphatic rings. The van der Waals surface area contributed by atoms with Crippen molar-refractivity contribution >= 4 is 11.0 Å². The van der Waals surface area contributed by atoms with Gasteiger partial charge in [-0.3, -0.25) is 0 Å². The Balaban J connectivity index is 2.17. The molecule has 0 aliphatic carbocycles. The Bertz CT molecular complexity index is 559. The molecule has 1 N–H and O–H groups in total. The number of rotatable bonds is 8. The molecule has 21 heavy (non-hydrogen) atoms. The zero-order valence-corrected chi connectivity index (χ0v) is 13.6. The number of ether oxygens (including phenoxy) is 1. The van der Waals surface area contributed by atoms with E-state index < -0.39 is 0 Å². The van der Waals surface area contributed by atoms with Crippen LogP contribution in [0.15, 0.2) is 28.7 Å². The molecule has 1 unspecified atom stereocenters. The molecule has 1 aromatic carbocycles. The summed E-state index contributed by atoms with van der Waals surface area (Å²) < 4.78 is 11.9. The summed E-state index contributed by atoms with van der Waals surface area (Å²) >= 11 is 0. The zero-order chi connectivity index (χ0) is 15.2. The first kappa shape index (κ1) is 16.1. The van der Waals surface area contributed by atoms with E-state index in [2.05, 4.69) is 45.1 Å². The highest BCUT2D eigenvalue weighted by Gasteiger charge is 2.14. The van der Waals surface area contributed by atoms with Crippen molar-refractivity contribution in [1.29, 1.82) is 0 Å². The van der Waals surface area contributed by atoms with Gasteiger partial charge in [-0.15, -0.1) is 0 Å². The van der Waals surface area contributed by atoms with Gasteiger partial charge in [0.05, 0.1) is 19.3 Å². The van der Waals surface area contributed by atoms with E-state index in [0.717, 1.165) is 30.9 Å². The first-order chi connectivity index (χ1) is 10.1. The van der Waals surface area contributed by atoms with Crippen molar-refractivity contribution in [3.8, 4) is 0 Å². The standard InChI is InChI=1S/C18H27NO2/c1-5-14(4)20-12-16-15-8-6-7-9-17(15)21-18(16)11-19-10-13(2)3/h6-9,13-14,19H,5,10-12H2,1-4H3. The van der Waals surface area contributed by atoms with Crippen LogP contribution in [0.3, 0.4) is 0 Å². The highest BCUT2D eigenvalue weighted by atomic mass is 16.5. The van der Waals surface area contributed by atoms with Crippen molar-refractivity contribution < 1.29 is 9.15 Å². The normalized spacial score (nSPS) is 13.2. The Labute approximate surface area is 127 Å². The molecule has 1 heterocycles. The predicted octanol–water partition coefficient (Wildman–Crippen LogP) is 4.49. The maximum Gasteiger partial charge on any atom is 0.134 e. The summed E-state index contributed by atoms with van der Waals surface area (Å²) in [5.74, 6) is 1.63. The van der Waals surface area contributed by atoms with Gasteiger partial charge < -0.3 is 14.5 Å². The summed E-state index contributed by atoms with van der Waals surface area (Å²) in [5.41, 5.74) is 2.13. The van der Waals surface area contributed by atoms with Crippen LogP contribution in [0.1, 0.15) is 45.4 Å². The van der Waals surface area contributed by atoms with Crippen LogP contribution in [-0.2, 0) is 17.9 Å². The predicted molar refractivity (Wildman–Crippen MR) is 87.3 cm³/mol. The van der Waals surface area contributed by atoms with E-state index >= 15 is 0 Å². The second kappa shape index (κ2) is 7.62. The maximum atomic E-state index is 6.00. The lowest BCUT2D eigenvalue weighted by Crippen LogP contribution is -2.19. The quantitative estimate of drug-likeness (QED) is 0.777. The van der Waals surface area contributed by atoms with E-state index in [1.165, 1.54) is 10.9 Å². The average molecular weight is 289 g/mol. The molecule has 3 heteroatoms. The van der Waals surface area contributed by atoms with Crippen molar-refractivity contribution in [1.82, 2.24) is 5.32 Å². The topological polar surface area (TPSA) is 34.4 Å². The van der Waals surface area contributed by atoms with Crippen molar-refractivity contribution in [3.05, 3.63) is 35.6 Å². The number of fused-ring (bicyclic) bond motifs is 1. The van der Waals surface area contributed by atoms with Gasteiger partial charge in [-0.05, 0) is 31.9 Å². The summed E-state index contributed by atoms with van der Waals surface area (Å²) in [6.45, 7) is 11.0. The monoisotopic (exact) mass is 289 g/mol. The minimum absolute atomic E-state index is 0.273. The highest BCUT2D eigenvalue weighted by Crippen LogP contribution is 2.27. The molecule has 0 amide bonds. The molecule has 1 atom stereocenters. The lowest BCUT2D eigenvalue weighted by Gasteiger charge is -2.11. The fourth-order valence-corrected chi connectivity index (χ4v) is 2.27. The third kappa shape index (κ3) is 4.32. The molecule has 3 nitrogen and oxygen atoms in total. The molecule has 0 radical (unpaired) electrons. The fourth-order valence-electron chi connectivity index (χ4n) is 2.27.